The number of hydrogen-bond acceptors (Lipinski definition) is 4. The van der Waals surface area contributed by atoms with E-state index in [9.17, 15) is 14.4 Å². The van der Waals surface area contributed by atoms with Crippen LogP contribution in [0, 0.1) is 0 Å². The molecule has 2 aliphatic rings. The van der Waals surface area contributed by atoms with Gasteiger partial charge in [0.1, 0.15) is 0 Å². The molecule has 3 aromatic rings. The number of nitrogens with one attached hydrogen (secondary N) is 1. The lowest BCUT2D eigenvalue weighted by molar-refractivity contribution is -0.118. The van der Waals surface area contributed by atoms with Gasteiger partial charge in [0.2, 0.25) is 5.91 Å². The molecule has 1 unspecified atom stereocenters. The quantitative estimate of drug-likeness (QED) is 0.598. The van der Waals surface area contributed by atoms with E-state index in [2.05, 4.69) is 47.5 Å². The predicted octanol–water partition coefficient (Wildman–Crippen LogP) is 4.23. The van der Waals surface area contributed by atoms with E-state index < -0.39 is 0 Å². The van der Waals surface area contributed by atoms with E-state index in [1.54, 1.807) is 18.2 Å². The van der Waals surface area contributed by atoms with Crippen LogP contribution >= 0.6 is 0 Å². The molecule has 3 aromatic carbocycles. The van der Waals surface area contributed by atoms with Crippen LogP contribution in [0.4, 0.5) is 5.69 Å². The first-order valence-corrected chi connectivity index (χ1v) is 10.9. The zero-order chi connectivity index (χ0) is 22.4. The number of nitrogens with zero attached hydrogens (tertiary/aromatic N) is 2. The fourth-order valence-corrected chi connectivity index (χ4v) is 4.45. The molecule has 1 aliphatic carbocycles. The van der Waals surface area contributed by atoms with Gasteiger partial charge >= 0.3 is 0 Å². The molecular weight excluding hydrogens is 402 g/mol. The van der Waals surface area contributed by atoms with Gasteiger partial charge in [0.05, 0.1) is 17.7 Å². The molecule has 6 nitrogen and oxygen atoms in total. The molecule has 32 heavy (non-hydrogen) atoms. The number of carbonyl (C=O) groups is 3. The van der Waals surface area contributed by atoms with Crippen LogP contribution in [0.1, 0.15) is 52.1 Å². The Bertz CT molecular complexity index is 1250. The predicted molar refractivity (Wildman–Crippen MR) is 124 cm³/mol. The highest BCUT2D eigenvalue weighted by molar-refractivity contribution is 6.21. The van der Waals surface area contributed by atoms with E-state index in [0.29, 0.717) is 22.9 Å². The molecule has 0 bridgehead atoms. The first-order valence-electron chi connectivity index (χ1n) is 10.9. The summed E-state index contributed by atoms with van der Waals surface area (Å²) in [5, 5.41) is 5.31. The Morgan fingerprint density at radius 3 is 2.47 bits per heavy atom. The van der Waals surface area contributed by atoms with Crippen molar-refractivity contribution in [2.24, 2.45) is 0 Å². The molecule has 5 rings (SSSR count). The lowest BCUT2D eigenvalue weighted by Gasteiger charge is -2.29. The molecule has 0 spiro atoms. The zero-order valence-corrected chi connectivity index (χ0v) is 18.2. The van der Waals surface area contributed by atoms with Crippen LogP contribution in [0.2, 0.25) is 0 Å². The highest BCUT2D eigenvalue weighted by Gasteiger charge is 2.35. The van der Waals surface area contributed by atoms with E-state index in [0.717, 1.165) is 17.7 Å². The molecular formula is C26H25N3O3. The largest absolute Gasteiger partial charge is 0.325 e. The summed E-state index contributed by atoms with van der Waals surface area (Å²) < 4.78 is 0. The number of fused-ring (bicyclic) bond motifs is 2. The number of anilines is 1. The summed E-state index contributed by atoms with van der Waals surface area (Å²) in [4.78, 5) is 40.6. The smallest absolute Gasteiger partial charge is 0.261 e. The number of amides is 3. The number of carbonyl (C=O) groups excluding carboxylic acids is 3. The minimum Gasteiger partial charge on any atom is -0.325 e. The highest BCUT2D eigenvalue weighted by atomic mass is 16.2. The fourth-order valence-electron chi connectivity index (χ4n) is 4.45. The van der Waals surface area contributed by atoms with Crippen LogP contribution in [0.25, 0.3) is 10.8 Å². The summed E-state index contributed by atoms with van der Waals surface area (Å²) in [6.07, 6.45) is 2.18. The molecule has 1 saturated carbocycles. The van der Waals surface area contributed by atoms with Gasteiger partial charge in [-0.15, -0.1) is 0 Å². The van der Waals surface area contributed by atoms with Gasteiger partial charge in [0, 0.05) is 24.8 Å². The summed E-state index contributed by atoms with van der Waals surface area (Å²) in [6.45, 7) is 2.41. The van der Waals surface area contributed by atoms with Gasteiger partial charge in [0.15, 0.2) is 0 Å². The van der Waals surface area contributed by atoms with E-state index in [-0.39, 0.29) is 30.3 Å². The van der Waals surface area contributed by atoms with Gasteiger partial charge in [-0.3, -0.25) is 24.2 Å². The van der Waals surface area contributed by atoms with E-state index >= 15 is 0 Å². The SMILES string of the molecule is CC(c1ccc2ccccc2c1)N(CC(=O)Nc1ccc2c(c1)C(=O)N(C)C2=O)C1CC1. The molecule has 0 saturated heterocycles. The first-order chi connectivity index (χ1) is 15.4. The molecule has 1 fully saturated rings. The van der Waals surface area contributed by atoms with E-state index in [1.165, 1.54) is 23.4 Å². The van der Waals surface area contributed by atoms with Gasteiger partial charge in [-0.05, 0) is 60.4 Å². The molecule has 1 heterocycles. The molecule has 0 radical (unpaired) electrons. The average Bonchev–Trinajstić information content (AvgIpc) is 3.62. The summed E-state index contributed by atoms with van der Waals surface area (Å²) in [5.41, 5.74) is 2.42. The van der Waals surface area contributed by atoms with Crippen molar-refractivity contribution in [1.29, 1.82) is 0 Å². The van der Waals surface area contributed by atoms with Gasteiger partial charge in [-0.25, -0.2) is 0 Å². The van der Waals surface area contributed by atoms with Gasteiger partial charge in [-0.1, -0.05) is 36.4 Å². The Balaban J connectivity index is 1.32. The lowest BCUT2D eigenvalue weighted by atomic mass is 10.0. The summed E-state index contributed by atoms with van der Waals surface area (Å²) in [5.74, 6) is -0.785. The van der Waals surface area contributed by atoms with Crippen molar-refractivity contribution in [1.82, 2.24) is 9.80 Å². The van der Waals surface area contributed by atoms with Crippen LogP contribution in [-0.4, -0.2) is 47.2 Å². The van der Waals surface area contributed by atoms with Crippen molar-refractivity contribution in [3.63, 3.8) is 0 Å². The van der Waals surface area contributed by atoms with Crippen LogP contribution in [0.15, 0.2) is 60.7 Å². The summed E-state index contributed by atoms with van der Waals surface area (Å²) >= 11 is 0. The Kier molecular flexibility index (Phi) is 5.02. The number of hydrogen-bond donors (Lipinski definition) is 1. The maximum atomic E-state index is 12.9. The van der Waals surface area contributed by atoms with Gasteiger partial charge in [-0.2, -0.15) is 0 Å². The Morgan fingerprint density at radius 2 is 1.72 bits per heavy atom. The maximum Gasteiger partial charge on any atom is 0.261 e. The van der Waals surface area contributed by atoms with Gasteiger partial charge in [0.25, 0.3) is 11.8 Å². The molecule has 1 aliphatic heterocycles. The Hall–Kier alpha value is -3.51. The molecule has 1 N–H and O–H groups in total. The first kappa shape index (κ1) is 20.4. The number of rotatable bonds is 6. The van der Waals surface area contributed by atoms with Gasteiger partial charge < -0.3 is 5.32 Å². The molecule has 3 amide bonds. The summed E-state index contributed by atoms with van der Waals surface area (Å²) in [7, 11) is 1.46. The normalized spacial score (nSPS) is 16.5. The number of benzene rings is 3. The van der Waals surface area contributed by atoms with Crippen LogP contribution in [-0.2, 0) is 4.79 Å². The average molecular weight is 428 g/mol. The summed E-state index contributed by atoms with van der Waals surface area (Å²) in [6, 6.07) is 20.1. The van der Waals surface area contributed by atoms with Crippen molar-refractivity contribution in [2.75, 3.05) is 18.9 Å². The second-order valence-corrected chi connectivity index (χ2v) is 8.66. The third-order valence-electron chi connectivity index (χ3n) is 6.47. The molecule has 1 atom stereocenters. The van der Waals surface area contributed by atoms with Crippen molar-refractivity contribution >= 4 is 34.2 Å². The van der Waals surface area contributed by atoms with Crippen LogP contribution in [0.3, 0.4) is 0 Å². The minimum absolute atomic E-state index is 0.103. The van der Waals surface area contributed by atoms with Crippen molar-refractivity contribution in [2.45, 2.75) is 31.8 Å². The Morgan fingerprint density at radius 1 is 1.00 bits per heavy atom. The molecule has 6 heteroatoms. The molecule has 162 valence electrons. The number of imide groups is 1. The lowest BCUT2D eigenvalue weighted by Crippen LogP contribution is -2.36. The second kappa shape index (κ2) is 7.88. The van der Waals surface area contributed by atoms with Crippen LogP contribution in [0.5, 0.6) is 0 Å². The monoisotopic (exact) mass is 427 g/mol. The second-order valence-electron chi connectivity index (χ2n) is 8.66. The van der Waals surface area contributed by atoms with E-state index in [4.69, 9.17) is 0 Å². The highest BCUT2D eigenvalue weighted by Crippen LogP contribution is 2.35. The van der Waals surface area contributed by atoms with Crippen molar-refractivity contribution in [3.8, 4) is 0 Å². The zero-order valence-electron chi connectivity index (χ0n) is 18.2. The van der Waals surface area contributed by atoms with Crippen LogP contribution < -0.4 is 5.32 Å². The minimum atomic E-state index is -0.342. The van der Waals surface area contributed by atoms with Crippen molar-refractivity contribution in [3.05, 3.63) is 77.4 Å². The third-order valence-corrected chi connectivity index (χ3v) is 6.47. The van der Waals surface area contributed by atoms with E-state index in [1.807, 2.05) is 12.1 Å². The maximum absolute atomic E-state index is 12.9. The Labute approximate surface area is 186 Å². The third kappa shape index (κ3) is 3.67. The standard InChI is InChI=1S/C26H25N3O3/c1-16(18-8-7-17-5-3-4-6-19(17)13-18)29(21-10-11-21)15-24(30)27-20-9-12-22-23(14-20)26(32)28(2)25(22)31/h3-9,12-14,16,21H,10-11,15H2,1-2H3,(H,27,30). The topological polar surface area (TPSA) is 69.7 Å². The van der Waals surface area contributed by atoms with Crippen molar-refractivity contribution < 1.29 is 14.4 Å². The fraction of sp³-hybridized carbons (Fsp3) is 0.269. The molecule has 0 aromatic heterocycles.